The van der Waals surface area contributed by atoms with E-state index in [4.69, 9.17) is 0 Å². The molecule has 1 fully saturated rings. The molecule has 1 unspecified atom stereocenters. The van der Waals surface area contributed by atoms with Crippen LogP contribution in [0, 0.1) is 0 Å². The molecule has 1 aliphatic rings. The Morgan fingerprint density at radius 2 is 1.80 bits per heavy atom. The van der Waals surface area contributed by atoms with Gasteiger partial charge < -0.3 is 5.32 Å². The maximum atomic E-state index is 3.63. The third-order valence-electron chi connectivity index (χ3n) is 4.19. The molecule has 0 saturated heterocycles. The Labute approximate surface area is 128 Å². The molecule has 1 atom stereocenters. The zero-order valence-corrected chi connectivity index (χ0v) is 13.8. The van der Waals surface area contributed by atoms with Crippen LogP contribution in [0.4, 0.5) is 0 Å². The molecule has 1 N–H and O–H groups in total. The van der Waals surface area contributed by atoms with Crippen LogP contribution < -0.4 is 5.32 Å². The quantitative estimate of drug-likeness (QED) is 0.705. The van der Waals surface area contributed by atoms with Crippen molar-refractivity contribution in [3.63, 3.8) is 0 Å². The van der Waals surface area contributed by atoms with E-state index in [0.29, 0.717) is 6.04 Å². The average molecular weight is 292 g/mol. The molecule has 2 heteroatoms. The minimum absolute atomic E-state index is 0.517. The number of nitrogens with one attached hydrogen (secondary N) is 1. The second-order valence-corrected chi connectivity index (χ2v) is 7.24. The lowest BCUT2D eigenvalue weighted by atomic mass is 10.0. The predicted molar refractivity (Wildman–Crippen MR) is 90.5 cm³/mol. The summed E-state index contributed by atoms with van der Waals surface area (Å²) in [6.07, 6.45) is 9.46. The molecule has 0 radical (unpaired) electrons. The lowest BCUT2D eigenvalue weighted by molar-refractivity contribution is 0.515. The maximum absolute atomic E-state index is 3.63. The summed E-state index contributed by atoms with van der Waals surface area (Å²) < 4.78 is 0. The molecule has 0 bridgehead atoms. The van der Waals surface area contributed by atoms with Crippen LogP contribution in [0.25, 0.3) is 0 Å². The minimum atomic E-state index is 0.517. The van der Waals surface area contributed by atoms with E-state index in [1.165, 1.54) is 49.0 Å². The first-order valence-electron chi connectivity index (χ1n) is 8.33. The summed E-state index contributed by atoms with van der Waals surface area (Å²) in [7, 11) is 0. The molecule has 1 aromatic rings. The molecule has 0 aliphatic heterocycles. The van der Waals surface area contributed by atoms with Gasteiger partial charge in [0.05, 0.1) is 0 Å². The summed E-state index contributed by atoms with van der Waals surface area (Å²) in [5.41, 5.74) is 1.44. The van der Waals surface area contributed by atoms with Crippen LogP contribution >= 0.6 is 11.8 Å². The van der Waals surface area contributed by atoms with Crippen molar-refractivity contribution >= 4 is 11.8 Å². The van der Waals surface area contributed by atoms with E-state index >= 15 is 0 Å². The third-order valence-corrected chi connectivity index (χ3v) is 5.54. The Hall–Kier alpha value is -0.470. The fourth-order valence-electron chi connectivity index (χ4n) is 2.97. The molecule has 2 rings (SSSR count). The lowest BCUT2D eigenvalue weighted by Crippen LogP contribution is -2.21. The van der Waals surface area contributed by atoms with Gasteiger partial charge in [0.1, 0.15) is 0 Å². The highest BCUT2D eigenvalue weighted by molar-refractivity contribution is 8.00. The average Bonchev–Trinajstić information content (AvgIpc) is 2.50. The summed E-state index contributed by atoms with van der Waals surface area (Å²) in [4.78, 5) is 1.45. The summed E-state index contributed by atoms with van der Waals surface area (Å²) >= 11 is 2.09. The van der Waals surface area contributed by atoms with Crippen molar-refractivity contribution in [3.8, 4) is 0 Å². The van der Waals surface area contributed by atoms with E-state index in [0.717, 1.165) is 18.2 Å². The molecule has 0 amide bonds. The van der Waals surface area contributed by atoms with Gasteiger partial charge in [-0.15, -0.1) is 11.8 Å². The molecule has 0 spiro atoms. The van der Waals surface area contributed by atoms with E-state index in [1.807, 2.05) is 0 Å². The maximum Gasteiger partial charge on any atom is 0.0317 e. The number of hydrogen-bond acceptors (Lipinski definition) is 2. The largest absolute Gasteiger partial charge is 0.310 e. The molecular formula is C18H29NS. The summed E-state index contributed by atoms with van der Waals surface area (Å²) in [5.74, 6) is 0. The highest BCUT2D eigenvalue weighted by Gasteiger charge is 2.15. The van der Waals surface area contributed by atoms with Gasteiger partial charge in [0.15, 0.2) is 0 Å². The standard InChI is InChI=1S/C18H29NS/c1-3-14-19-18(4-2)15-10-12-17(13-11-15)20-16-8-6-5-7-9-16/h10-13,16,18-19H,3-9,14H2,1-2H3. The summed E-state index contributed by atoms with van der Waals surface area (Å²) in [6.45, 7) is 5.60. The van der Waals surface area contributed by atoms with E-state index in [-0.39, 0.29) is 0 Å². The molecule has 1 aliphatic carbocycles. The van der Waals surface area contributed by atoms with Gasteiger partial charge in [-0.05, 0) is 49.9 Å². The predicted octanol–water partition coefficient (Wildman–Crippen LogP) is 5.56. The van der Waals surface area contributed by atoms with Crippen LogP contribution in [-0.2, 0) is 0 Å². The fraction of sp³-hybridized carbons (Fsp3) is 0.667. The number of thioether (sulfide) groups is 1. The first-order chi connectivity index (χ1) is 9.83. The van der Waals surface area contributed by atoms with Gasteiger partial charge in [0.2, 0.25) is 0 Å². The highest BCUT2D eigenvalue weighted by Crippen LogP contribution is 2.34. The second-order valence-electron chi connectivity index (χ2n) is 5.86. The van der Waals surface area contributed by atoms with Crippen LogP contribution in [0.3, 0.4) is 0 Å². The van der Waals surface area contributed by atoms with Crippen LogP contribution in [0.1, 0.15) is 70.4 Å². The third kappa shape index (κ3) is 4.82. The number of hydrogen-bond donors (Lipinski definition) is 1. The van der Waals surface area contributed by atoms with Gasteiger partial charge in [-0.2, -0.15) is 0 Å². The van der Waals surface area contributed by atoms with Gasteiger partial charge in [0, 0.05) is 16.2 Å². The summed E-state index contributed by atoms with van der Waals surface area (Å²) in [6, 6.07) is 9.81. The van der Waals surface area contributed by atoms with Gasteiger partial charge in [-0.3, -0.25) is 0 Å². The zero-order chi connectivity index (χ0) is 14.2. The summed E-state index contributed by atoms with van der Waals surface area (Å²) in [5, 5.41) is 4.49. The highest BCUT2D eigenvalue weighted by atomic mass is 32.2. The monoisotopic (exact) mass is 291 g/mol. The minimum Gasteiger partial charge on any atom is -0.310 e. The first kappa shape index (κ1) is 15.9. The Morgan fingerprint density at radius 1 is 1.10 bits per heavy atom. The Balaban J connectivity index is 1.90. The molecule has 0 heterocycles. The van der Waals surface area contributed by atoms with Gasteiger partial charge in [0.25, 0.3) is 0 Å². The van der Waals surface area contributed by atoms with E-state index in [1.54, 1.807) is 0 Å². The van der Waals surface area contributed by atoms with Crippen LogP contribution in [0.5, 0.6) is 0 Å². The molecular weight excluding hydrogens is 262 g/mol. The van der Waals surface area contributed by atoms with Crippen molar-refractivity contribution in [1.82, 2.24) is 5.32 Å². The van der Waals surface area contributed by atoms with Crippen molar-refractivity contribution in [1.29, 1.82) is 0 Å². The molecule has 1 nitrogen and oxygen atoms in total. The Kier molecular flexibility index (Phi) is 6.95. The molecule has 1 saturated carbocycles. The number of rotatable bonds is 7. The van der Waals surface area contributed by atoms with E-state index in [9.17, 15) is 0 Å². The van der Waals surface area contributed by atoms with Gasteiger partial charge in [-0.25, -0.2) is 0 Å². The molecule has 0 aromatic heterocycles. The topological polar surface area (TPSA) is 12.0 Å². The van der Waals surface area contributed by atoms with E-state index < -0.39 is 0 Å². The number of benzene rings is 1. The fourth-order valence-corrected chi connectivity index (χ4v) is 4.22. The van der Waals surface area contributed by atoms with Crippen LogP contribution in [0.15, 0.2) is 29.2 Å². The van der Waals surface area contributed by atoms with Gasteiger partial charge in [-0.1, -0.05) is 45.2 Å². The Bertz CT molecular complexity index is 368. The lowest BCUT2D eigenvalue weighted by Gasteiger charge is -2.21. The van der Waals surface area contributed by atoms with E-state index in [2.05, 4.69) is 55.2 Å². The Morgan fingerprint density at radius 3 is 2.40 bits per heavy atom. The smallest absolute Gasteiger partial charge is 0.0317 e. The van der Waals surface area contributed by atoms with Gasteiger partial charge >= 0.3 is 0 Å². The van der Waals surface area contributed by atoms with Crippen molar-refractivity contribution in [2.24, 2.45) is 0 Å². The normalized spacial score (nSPS) is 18.1. The zero-order valence-electron chi connectivity index (χ0n) is 13.0. The van der Waals surface area contributed by atoms with Crippen LogP contribution in [-0.4, -0.2) is 11.8 Å². The molecule has 1 aromatic carbocycles. The first-order valence-corrected chi connectivity index (χ1v) is 9.21. The van der Waals surface area contributed by atoms with Crippen molar-refractivity contribution in [2.75, 3.05) is 6.54 Å². The SMILES string of the molecule is CCCNC(CC)c1ccc(SC2CCCCC2)cc1. The molecule has 20 heavy (non-hydrogen) atoms. The van der Waals surface area contributed by atoms with Crippen molar-refractivity contribution in [2.45, 2.75) is 75.0 Å². The van der Waals surface area contributed by atoms with Crippen LogP contribution in [0.2, 0.25) is 0 Å². The second kappa shape index (κ2) is 8.74. The van der Waals surface area contributed by atoms with Crippen molar-refractivity contribution < 1.29 is 0 Å². The molecule has 112 valence electrons. The van der Waals surface area contributed by atoms with Crippen molar-refractivity contribution in [3.05, 3.63) is 29.8 Å².